The van der Waals surface area contributed by atoms with E-state index in [9.17, 15) is 25.2 Å². The van der Waals surface area contributed by atoms with E-state index in [4.69, 9.17) is 4.74 Å². The molecule has 0 aromatic carbocycles. The molecule has 0 aliphatic carbocycles. The van der Waals surface area contributed by atoms with Crippen molar-refractivity contribution in [1.82, 2.24) is 0 Å². The number of hydrogen-bond acceptors (Lipinski definition) is 7. The molecule has 0 rings (SSSR count). The molecule has 1 unspecified atom stereocenters. The second-order valence-electron chi connectivity index (χ2n) is 4.13. The molecule has 0 aliphatic heterocycles. The van der Waals surface area contributed by atoms with Crippen LogP contribution in [0.4, 0.5) is 0 Å². The molecule has 0 aromatic heterocycles. The van der Waals surface area contributed by atoms with Gasteiger partial charge < -0.3 is 29.9 Å². The van der Waals surface area contributed by atoms with Crippen LogP contribution in [-0.4, -0.2) is 58.3 Å². The zero-order chi connectivity index (χ0) is 14.4. The first-order chi connectivity index (χ1) is 8.30. The van der Waals surface area contributed by atoms with E-state index in [2.05, 4.69) is 11.3 Å². The standard InChI is InChI=1S/C11H20O7/c1-4-9(15)18-11(16,17-8(2)3)10(5-12,6-13)7-14/h4,8,12-14,16H,1,5-7H2,2-3H3. The van der Waals surface area contributed by atoms with E-state index in [1.165, 1.54) is 0 Å². The van der Waals surface area contributed by atoms with Crippen molar-refractivity contribution in [3.63, 3.8) is 0 Å². The van der Waals surface area contributed by atoms with Crippen molar-refractivity contribution < 1.29 is 34.7 Å². The van der Waals surface area contributed by atoms with Crippen LogP contribution in [0.5, 0.6) is 0 Å². The van der Waals surface area contributed by atoms with Gasteiger partial charge in [0.1, 0.15) is 5.41 Å². The first kappa shape index (κ1) is 17.0. The molecule has 7 nitrogen and oxygen atoms in total. The molecule has 0 aromatic rings. The molecule has 0 fully saturated rings. The molecule has 0 saturated heterocycles. The fourth-order valence-electron chi connectivity index (χ4n) is 1.20. The van der Waals surface area contributed by atoms with Gasteiger partial charge in [0.05, 0.1) is 25.9 Å². The Kier molecular flexibility index (Phi) is 6.44. The molecule has 0 radical (unpaired) electrons. The number of rotatable bonds is 8. The Hall–Kier alpha value is -0.990. The first-order valence-electron chi connectivity index (χ1n) is 5.39. The smallest absolute Gasteiger partial charge is 0.340 e. The average molecular weight is 264 g/mol. The van der Waals surface area contributed by atoms with Crippen LogP contribution in [0.25, 0.3) is 0 Å². The van der Waals surface area contributed by atoms with Crippen molar-refractivity contribution in [2.75, 3.05) is 19.8 Å². The van der Waals surface area contributed by atoms with Crippen molar-refractivity contribution >= 4 is 5.97 Å². The van der Waals surface area contributed by atoms with E-state index < -0.39 is 43.3 Å². The molecule has 106 valence electrons. The fraction of sp³-hybridized carbons (Fsp3) is 0.727. The van der Waals surface area contributed by atoms with Gasteiger partial charge in [0, 0.05) is 6.08 Å². The number of hydrogen-bond donors (Lipinski definition) is 4. The lowest BCUT2D eigenvalue weighted by Gasteiger charge is -2.42. The van der Waals surface area contributed by atoms with Crippen molar-refractivity contribution in [1.29, 1.82) is 0 Å². The quantitative estimate of drug-likeness (QED) is 0.246. The van der Waals surface area contributed by atoms with Crippen LogP contribution in [0, 0.1) is 5.41 Å². The van der Waals surface area contributed by atoms with E-state index in [-0.39, 0.29) is 0 Å². The van der Waals surface area contributed by atoms with Gasteiger partial charge in [-0.1, -0.05) is 6.58 Å². The molecule has 1 atom stereocenters. The van der Waals surface area contributed by atoms with E-state index in [1.54, 1.807) is 13.8 Å². The van der Waals surface area contributed by atoms with Gasteiger partial charge in [0.2, 0.25) is 0 Å². The second-order valence-corrected chi connectivity index (χ2v) is 4.13. The Labute approximate surface area is 105 Å². The lowest BCUT2D eigenvalue weighted by atomic mass is 9.87. The second kappa shape index (κ2) is 6.81. The van der Waals surface area contributed by atoms with Gasteiger partial charge in [-0.25, -0.2) is 4.79 Å². The van der Waals surface area contributed by atoms with Gasteiger partial charge in [-0.15, -0.1) is 0 Å². The number of aliphatic hydroxyl groups is 4. The summed E-state index contributed by atoms with van der Waals surface area (Å²) in [6.45, 7) is 3.68. The molecule has 0 bridgehead atoms. The van der Waals surface area contributed by atoms with Gasteiger partial charge in [0.25, 0.3) is 0 Å². The molecular weight excluding hydrogens is 244 g/mol. The van der Waals surface area contributed by atoms with E-state index in [0.717, 1.165) is 6.08 Å². The molecule has 0 spiro atoms. The Morgan fingerprint density at radius 2 is 1.72 bits per heavy atom. The number of ether oxygens (including phenoxy) is 2. The van der Waals surface area contributed by atoms with Crippen LogP contribution in [0.15, 0.2) is 12.7 Å². The van der Waals surface area contributed by atoms with Gasteiger partial charge in [-0.05, 0) is 13.8 Å². The van der Waals surface area contributed by atoms with Crippen LogP contribution < -0.4 is 0 Å². The predicted octanol–water partition coefficient (Wildman–Crippen LogP) is -1.25. The summed E-state index contributed by atoms with van der Waals surface area (Å²) in [6.07, 6.45) is 0.197. The Balaban J connectivity index is 5.40. The first-order valence-corrected chi connectivity index (χ1v) is 5.39. The minimum Gasteiger partial charge on any atom is -0.404 e. The van der Waals surface area contributed by atoms with Crippen molar-refractivity contribution in [2.24, 2.45) is 5.41 Å². The van der Waals surface area contributed by atoms with E-state index >= 15 is 0 Å². The lowest BCUT2D eigenvalue weighted by molar-refractivity contribution is -0.416. The van der Waals surface area contributed by atoms with Gasteiger partial charge in [-0.2, -0.15) is 0 Å². The van der Waals surface area contributed by atoms with Crippen molar-refractivity contribution in [3.05, 3.63) is 12.7 Å². The van der Waals surface area contributed by atoms with E-state index in [0.29, 0.717) is 0 Å². The van der Waals surface area contributed by atoms with Crippen molar-refractivity contribution in [3.8, 4) is 0 Å². The Morgan fingerprint density at radius 1 is 1.28 bits per heavy atom. The largest absolute Gasteiger partial charge is 0.404 e. The monoisotopic (exact) mass is 264 g/mol. The summed E-state index contributed by atoms with van der Waals surface area (Å²) >= 11 is 0. The molecule has 0 aliphatic rings. The summed E-state index contributed by atoms with van der Waals surface area (Å²) < 4.78 is 9.67. The molecular formula is C11H20O7. The zero-order valence-corrected chi connectivity index (χ0v) is 10.5. The van der Waals surface area contributed by atoms with Gasteiger partial charge in [0.15, 0.2) is 0 Å². The highest BCUT2D eigenvalue weighted by atomic mass is 16.8. The minimum atomic E-state index is -2.66. The number of esters is 1. The number of aliphatic hydroxyl groups excluding tert-OH is 3. The van der Waals surface area contributed by atoms with Crippen LogP contribution >= 0.6 is 0 Å². The van der Waals surface area contributed by atoms with Gasteiger partial charge >= 0.3 is 11.9 Å². The predicted molar refractivity (Wildman–Crippen MR) is 61.2 cm³/mol. The summed E-state index contributed by atoms with van der Waals surface area (Å²) in [5.41, 5.74) is -1.95. The summed E-state index contributed by atoms with van der Waals surface area (Å²) in [5.74, 6) is -3.68. The number of carbonyl (C=O) groups is 1. The Morgan fingerprint density at radius 3 is 2.00 bits per heavy atom. The van der Waals surface area contributed by atoms with Crippen LogP contribution in [0.1, 0.15) is 13.8 Å². The van der Waals surface area contributed by atoms with Gasteiger partial charge in [-0.3, -0.25) is 0 Å². The highest BCUT2D eigenvalue weighted by Gasteiger charge is 2.55. The molecule has 7 heteroatoms. The third-order valence-electron chi connectivity index (χ3n) is 2.38. The van der Waals surface area contributed by atoms with Crippen LogP contribution in [-0.2, 0) is 14.3 Å². The number of carbonyl (C=O) groups excluding carboxylic acids is 1. The average Bonchev–Trinajstić information content (AvgIpc) is 2.30. The normalized spacial score (nSPS) is 15.3. The molecule has 0 heterocycles. The zero-order valence-electron chi connectivity index (χ0n) is 10.5. The third kappa shape index (κ3) is 3.50. The highest BCUT2D eigenvalue weighted by Crippen LogP contribution is 2.34. The molecule has 4 N–H and O–H groups in total. The maximum atomic E-state index is 11.2. The minimum absolute atomic E-state index is 0.586. The lowest BCUT2D eigenvalue weighted by Crippen LogP contribution is -2.60. The summed E-state index contributed by atoms with van der Waals surface area (Å²) in [4.78, 5) is 11.2. The maximum absolute atomic E-state index is 11.2. The SMILES string of the molecule is C=CC(=O)OC(O)(OC(C)C)C(CO)(CO)CO. The maximum Gasteiger partial charge on any atom is 0.340 e. The fourth-order valence-corrected chi connectivity index (χ4v) is 1.20. The summed E-state index contributed by atoms with van der Waals surface area (Å²) in [6, 6.07) is 0. The summed E-state index contributed by atoms with van der Waals surface area (Å²) in [7, 11) is 0. The molecule has 0 saturated carbocycles. The van der Waals surface area contributed by atoms with Crippen LogP contribution in [0.3, 0.4) is 0 Å². The highest BCUT2D eigenvalue weighted by molar-refractivity contribution is 5.81. The van der Waals surface area contributed by atoms with Crippen LogP contribution in [0.2, 0.25) is 0 Å². The third-order valence-corrected chi connectivity index (χ3v) is 2.38. The molecule has 18 heavy (non-hydrogen) atoms. The summed E-state index contributed by atoms with van der Waals surface area (Å²) in [5, 5.41) is 37.9. The van der Waals surface area contributed by atoms with E-state index in [1.807, 2.05) is 0 Å². The molecule has 0 amide bonds. The Bertz CT molecular complexity index is 277. The topological polar surface area (TPSA) is 116 Å². The van der Waals surface area contributed by atoms with Crippen molar-refractivity contribution in [2.45, 2.75) is 25.9 Å².